The first-order valence-electron chi connectivity index (χ1n) is 5.35. The van der Waals surface area contributed by atoms with Crippen LogP contribution in [0.1, 0.15) is 24.0 Å². The van der Waals surface area contributed by atoms with Crippen molar-refractivity contribution in [3.05, 3.63) is 35.4 Å². The van der Waals surface area contributed by atoms with Gasteiger partial charge in [-0.3, -0.25) is 0 Å². The fourth-order valence-corrected chi connectivity index (χ4v) is 2.54. The molecule has 4 heteroatoms. The van der Waals surface area contributed by atoms with Crippen molar-refractivity contribution in [2.45, 2.75) is 18.9 Å². The maximum Gasteiger partial charge on any atom is 0.161 e. The third-order valence-corrected chi connectivity index (χ3v) is 3.61. The Morgan fingerprint density at radius 3 is 1.94 bits per heavy atom. The molecule has 1 fully saturated rings. The van der Waals surface area contributed by atoms with Crippen molar-refractivity contribution in [3.63, 3.8) is 0 Å². The fraction of sp³-hybridized carbons (Fsp3) is 0.333. The van der Waals surface area contributed by atoms with Crippen molar-refractivity contribution in [1.29, 1.82) is 10.5 Å². The lowest BCUT2D eigenvalue weighted by Gasteiger charge is -2.07. The number of rotatable bonds is 0. The van der Waals surface area contributed by atoms with Crippen LogP contribution in [-0.2, 0) is 4.43 Å². The highest BCUT2D eigenvalue weighted by Gasteiger charge is 1.96. The van der Waals surface area contributed by atoms with Crippen LogP contribution in [0.3, 0.4) is 0 Å². The van der Waals surface area contributed by atoms with E-state index in [1.165, 1.54) is 18.9 Å². The van der Waals surface area contributed by atoms with Gasteiger partial charge >= 0.3 is 0 Å². The molecule has 0 spiro atoms. The minimum atomic E-state index is 0.00849. The molecule has 1 saturated heterocycles. The summed E-state index contributed by atoms with van der Waals surface area (Å²) in [6.45, 7) is 1.06. The molecule has 1 aromatic carbocycles. The van der Waals surface area contributed by atoms with Crippen LogP contribution in [0.4, 0.5) is 0 Å². The molecule has 0 bridgehead atoms. The quantitative estimate of drug-likeness (QED) is 0.638. The van der Waals surface area contributed by atoms with E-state index in [2.05, 4.69) is 0 Å². The summed E-state index contributed by atoms with van der Waals surface area (Å²) in [7, 11) is 0.00849. The van der Waals surface area contributed by atoms with Gasteiger partial charge in [0.2, 0.25) is 0 Å². The van der Waals surface area contributed by atoms with Gasteiger partial charge in [0.15, 0.2) is 9.76 Å². The minimum absolute atomic E-state index is 0.00849. The lowest BCUT2D eigenvalue weighted by molar-refractivity contribution is 0.304. The highest BCUT2D eigenvalue weighted by atomic mass is 28.2. The molecule has 1 aromatic rings. The van der Waals surface area contributed by atoms with E-state index in [1.54, 1.807) is 24.3 Å². The third-order valence-electron chi connectivity index (χ3n) is 2.25. The maximum atomic E-state index is 8.45. The molecule has 0 amide bonds. The first kappa shape index (κ1) is 12.4. The Bertz CT molecular complexity index is 358. The van der Waals surface area contributed by atoms with Crippen LogP contribution in [0.15, 0.2) is 24.3 Å². The highest BCUT2D eigenvalue weighted by molar-refractivity contribution is 6.27. The van der Waals surface area contributed by atoms with E-state index in [9.17, 15) is 0 Å². The molecule has 16 heavy (non-hydrogen) atoms. The third kappa shape index (κ3) is 4.27. The molecular weight excluding hydrogens is 216 g/mol. The monoisotopic (exact) mass is 230 g/mol. The van der Waals surface area contributed by atoms with Gasteiger partial charge in [0.25, 0.3) is 0 Å². The van der Waals surface area contributed by atoms with Crippen molar-refractivity contribution >= 4 is 9.76 Å². The molecule has 0 aromatic heterocycles. The zero-order valence-electron chi connectivity index (χ0n) is 9.15. The Morgan fingerprint density at radius 2 is 1.69 bits per heavy atom. The molecule has 82 valence electrons. The Labute approximate surface area is 98.2 Å². The van der Waals surface area contributed by atoms with Crippen LogP contribution < -0.4 is 0 Å². The Kier molecular flexibility index (Phi) is 5.94. The van der Waals surface area contributed by atoms with Crippen LogP contribution in [0.25, 0.3) is 0 Å². The summed E-state index contributed by atoms with van der Waals surface area (Å²) in [6.07, 6.45) is 2.75. The maximum absolute atomic E-state index is 8.45. The normalized spacial score (nSPS) is 15.4. The van der Waals surface area contributed by atoms with Gasteiger partial charge in [0.05, 0.1) is 11.1 Å². The first-order valence-corrected chi connectivity index (χ1v) is 6.93. The van der Waals surface area contributed by atoms with E-state index in [1.807, 2.05) is 12.1 Å². The number of hydrogen-bond donors (Lipinski definition) is 0. The summed E-state index contributed by atoms with van der Waals surface area (Å²) in [5, 5.41) is 16.9. The molecule has 1 heterocycles. The molecule has 0 saturated carbocycles. The predicted molar refractivity (Wildman–Crippen MR) is 64.4 cm³/mol. The molecule has 2 rings (SSSR count). The molecule has 0 unspecified atom stereocenters. The van der Waals surface area contributed by atoms with E-state index in [0.29, 0.717) is 11.1 Å². The summed E-state index contributed by atoms with van der Waals surface area (Å²) >= 11 is 0. The summed E-state index contributed by atoms with van der Waals surface area (Å²) in [5.74, 6) is 0. The van der Waals surface area contributed by atoms with Gasteiger partial charge in [-0.25, -0.2) is 0 Å². The van der Waals surface area contributed by atoms with Gasteiger partial charge in [-0.15, -0.1) is 0 Å². The topological polar surface area (TPSA) is 56.8 Å². The zero-order chi connectivity index (χ0) is 11.6. The van der Waals surface area contributed by atoms with Gasteiger partial charge in [-0.05, 0) is 24.6 Å². The van der Waals surface area contributed by atoms with Gasteiger partial charge in [0.1, 0.15) is 12.1 Å². The van der Waals surface area contributed by atoms with Crippen LogP contribution in [0.2, 0.25) is 6.04 Å². The standard InChI is InChI=1S/C8H4N2.C4H10OSi/c9-5-7-3-1-2-4-8(7)6-10;1-2-4-6-5-3-1/h1-4H;1-4,6H2. The second-order valence-electron chi connectivity index (χ2n) is 3.44. The van der Waals surface area contributed by atoms with Gasteiger partial charge in [-0.2, -0.15) is 10.5 Å². The van der Waals surface area contributed by atoms with E-state index in [0.717, 1.165) is 6.61 Å². The number of hydrogen-bond acceptors (Lipinski definition) is 3. The van der Waals surface area contributed by atoms with Gasteiger partial charge in [-0.1, -0.05) is 18.6 Å². The van der Waals surface area contributed by atoms with Crippen LogP contribution >= 0.6 is 0 Å². The molecule has 0 radical (unpaired) electrons. The molecule has 3 nitrogen and oxygen atoms in total. The van der Waals surface area contributed by atoms with E-state index < -0.39 is 0 Å². The fourth-order valence-electron chi connectivity index (χ4n) is 1.37. The van der Waals surface area contributed by atoms with Crippen LogP contribution in [0, 0.1) is 22.7 Å². The average Bonchev–Trinajstić information content (AvgIpc) is 2.41. The molecule has 1 aliphatic rings. The van der Waals surface area contributed by atoms with E-state index in [-0.39, 0.29) is 9.76 Å². The summed E-state index contributed by atoms with van der Waals surface area (Å²) in [5.41, 5.74) is 0.870. The van der Waals surface area contributed by atoms with Gasteiger partial charge in [0, 0.05) is 6.61 Å². The number of nitrogens with zero attached hydrogens (tertiary/aromatic N) is 2. The SMILES string of the molecule is C1CC[SiH2]OC1.N#Cc1ccccc1C#N. The van der Waals surface area contributed by atoms with E-state index in [4.69, 9.17) is 14.9 Å². The second-order valence-corrected chi connectivity index (χ2v) is 4.97. The van der Waals surface area contributed by atoms with E-state index >= 15 is 0 Å². The predicted octanol–water partition coefficient (Wildman–Crippen LogP) is 1.73. The lowest BCUT2D eigenvalue weighted by atomic mass is 10.1. The Hall–Kier alpha value is -1.62. The number of nitriles is 2. The molecule has 1 aliphatic heterocycles. The van der Waals surface area contributed by atoms with Crippen molar-refractivity contribution in [2.75, 3.05) is 6.61 Å². The first-order chi connectivity index (χ1) is 7.88. The van der Waals surface area contributed by atoms with Crippen molar-refractivity contribution in [2.24, 2.45) is 0 Å². The van der Waals surface area contributed by atoms with Crippen molar-refractivity contribution < 1.29 is 4.43 Å². The van der Waals surface area contributed by atoms with Crippen molar-refractivity contribution in [3.8, 4) is 12.1 Å². The summed E-state index contributed by atoms with van der Waals surface area (Å²) < 4.78 is 5.21. The summed E-state index contributed by atoms with van der Waals surface area (Å²) in [6, 6.07) is 12.0. The minimum Gasteiger partial charge on any atom is -0.424 e. The largest absolute Gasteiger partial charge is 0.424 e. The lowest BCUT2D eigenvalue weighted by Crippen LogP contribution is -2.06. The van der Waals surface area contributed by atoms with Crippen molar-refractivity contribution in [1.82, 2.24) is 0 Å². The molecule has 0 atom stereocenters. The van der Waals surface area contributed by atoms with Crippen LogP contribution in [0.5, 0.6) is 0 Å². The Balaban J connectivity index is 0.000000181. The van der Waals surface area contributed by atoms with Gasteiger partial charge < -0.3 is 4.43 Å². The second kappa shape index (κ2) is 7.64. The smallest absolute Gasteiger partial charge is 0.161 e. The van der Waals surface area contributed by atoms with Crippen LogP contribution in [-0.4, -0.2) is 16.4 Å². The Morgan fingerprint density at radius 1 is 1.06 bits per heavy atom. The zero-order valence-corrected chi connectivity index (χ0v) is 10.6. The molecule has 0 N–H and O–H groups in total. The average molecular weight is 230 g/mol. The molecular formula is C12H14N2OSi. The highest BCUT2D eigenvalue weighted by Crippen LogP contribution is 2.04. The summed E-state index contributed by atoms with van der Waals surface area (Å²) in [4.78, 5) is 0. The number of benzene rings is 1. The molecule has 0 aliphatic carbocycles.